The molecule has 118 valence electrons. The molecule has 3 rings (SSSR count). The first kappa shape index (κ1) is 15.6. The molecule has 0 bridgehead atoms. The Balaban J connectivity index is 1.77. The van der Waals surface area contributed by atoms with Crippen LogP contribution in [0.4, 0.5) is 0 Å². The Kier molecular flexibility index (Phi) is 4.65. The smallest absolute Gasteiger partial charge is 0.236 e. The van der Waals surface area contributed by atoms with Crippen LogP contribution in [-0.4, -0.2) is 16.4 Å². The molecule has 0 aliphatic carbocycles. The Labute approximate surface area is 139 Å². The third-order valence-corrected chi connectivity index (χ3v) is 4.48. The number of terminal acetylenes is 1. The summed E-state index contributed by atoms with van der Waals surface area (Å²) in [5.41, 5.74) is 0.910. The van der Waals surface area contributed by atoms with Crippen LogP contribution in [0, 0.1) is 26.2 Å². The fourth-order valence-electron chi connectivity index (χ4n) is 2.36. The fourth-order valence-corrected chi connectivity index (χ4v) is 3.15. The first-order valence-corrected chi connectivity index (χ1v) is 8.18. The van der Waals surface area contributed by atoms with E-state index < -0.39 is 0 Å². The summed E-state index contributed by atoms with van der Waals surface area (Å²) in [5, 5.41) is 0. The molecule has 3 aromatic rings. The number of thiophene rings is 1. The van der Waals surface area contributed by atoms with Gasteiger partial charge in [-0.05, 0) is 38.1 Å². The van der Waals surface area contributed by atoms with Crippen LogP contribution in [-0.2, 0) is 13.1 Å². The predicted molar refractivity (Wildman–Crippen MR) is 90.9 cm³/mol. The van der Waals surface area contributed by atoms with Crippen molar-refractivity contribution in [2.24, 2.45) is 0 Å². The van der Waals surface area contributed by atoms with Gasteiger partial charge in [-0.2, -0.15) is 0 Å². The molecule has 0 unspecified atom stereocenters. The average Bonchev–Trinajstić information content (AvgIpc) is 3.23. The standard InChI is InChI=1S/C18H18N2O2S/c1-4-9-20(11-15-6-5-10-21-15)12-16-14(3)22-18(19-16)17-8-7-13(2)23-17/h1,5-8,10H,9,11-12H2,2-3H3. The number of hydrogen-bond donors (Lipinski definition) is 0. The maximum absolute atomic E-state index is 5.83. The summed E-state index contributed by atoms with van der Waals surface area (Å²) in [6.07, 6.45) is 7.15. The van der Waals surface area contributed by atoms with Crippen LogP contribution in [0.5, 0.6) is 0 Å². The lowest BCUT2D eigenvalue weighted by Gasteiger charge is -2.17. The highest BCUT2D eigenvalue weighted by Gasteiger charge is 2.16. The fraction of sp³-hybridized carbons (Fsp3) is 0.278. The number of furan rings is 1. The number of hydrogen-bond acceptors (Lipinski definition) is 5. The monoisotopic (exact) mass is 326 g/mol. The summed E-state index contributed by atoms with van der Waals surface area (Å²) in [5.74, 6) is 5.08. The maximum atomic E-state index is 5.83. The van der Waals surface area contributed by atoms with E-state index in [1.54, 1.807) is 17.6 Å². The van der Waals surface area contributed by atoms with Crippen LogP contribution in [0.2, 0.25) is 0 Å². The molecule has 0 atom stereocenters. The molecule has 4 nitrogen and oxygen atoms in total. The number of aryl methyl sites for hydroxylation is 2. The van der Waals surface area contributed by atoms with Gasteiger partial charge < -0.3 is 8.83 Å². The topological polar surface area (TPSA) is 42.4 Å². The second kappa shape index (κ2) is 6.86. The third kappa shape index (κ3) is 3.73. The van der Waals surface area contributed by atoms with Gasteiger partial charge in [0.15, 0.2) is 0 Å². The Morgan fingerprint density at radius 1 is 1.26 bits per heavy atom. The molecule has 0 spiro atoms. The number of aromatic nitrogens is 1. The van der Waals surface area contributed by atoms with Crippen LogP contribution in [0.3, 0.4) is 0 Å². The van der Waals surface area contributed by atoms with Gasteiger partial charge in [-0.1, -0.05) is 5.92 Å². The molecule has 3 aromatic heterocycles. The Bertz CT molecular complexity index is 809. The van der Waals surface area contributed by atoms with Crippen molar-refractivity contribution in [1.29, 1.82) is 0 Å². The van der Waals surface area contributed by atoms with Gasteiger partial charge in [0.05, 0.1) is 29.9 Å². The zero-order valence-corrected chi connectivity index (χ0v) is 14.0. The average molecular weight is 326 g/mol. The summed E-state index contributed by atoms with van der Waals surface area (Å²) < 4.78 is 11.2. The molecule has 0 saturated carbocycles. The van der Waals surface area contributed by atoms with Gasteiger partial charge in [-0.15, -0.1) is 17.8 Å². The minimum atomic E-state index is 0.528. The highest BCUT2D eigenvalue weighted by molar-refractivity contribution is 7.15. The summed E-state index contributed by atoms with van der Waals surface area (Å²) in [6, 6.07) is 7.93. The summed E-state index contributed by atoms with van der Waals surface area (Å²) in [7, 11) is 0. The number of oxazole rings is 1. The van der Waals surface area contributed by atoms with Crippen molar-refractivity contribution in [1.82, 2.24) is 9.88 Å². The first-order chi connectivity index (χ1) is 11.2. The van der Waals surface area contributed by atoms with Crippen molar-refractivity contribution in [3.05, 3.63) is 52.6 Å². The third-order valence-electron chi connectivity index (χ3n) is 3.49. The Hall–Kier alpha value is -2.29. The molecular weight excluding hydrogens is 308 g/mol. The Morgan fingerprint density at radius 2 is 2.13 bits per heavy atom. The molecule has 5 heteroatoms. The van der Waals surface area contributed by atoms with Crippen molar-refractivity contribution in [2.45, 2.75) is 26.9 Å². The second-order valence-electron chi connectivity index (χ2n) is 5.36. The van der Waals surface area contributed by atoms with Crippen LogP contribution in [0.15, 0.2) is 39.4 Å². The zero-order valence-electron chi connectivity index (χ0n) is 13.2. The molecule has 0 saturated heterocycles. The molecule has 0 radical (unpaired) electrons. The van der Waals surface area contributed by atoms with Crippen molar-refractivity contribution >= 4 is 11.3 Å². The van der Waals surface area contributed by atoms with Gasteiger partial charge in [0.2, 0.25) is 5.89 Å². The van der Waals surface area contributed by atoms with E-state index in [2.05, 4.69) is 28.8 Å². The van der Waals surface area contributed by atoms with E-state index >= 15 is 0 Å². The van der Waals surface area contributed by atoms with Crippen molar-refractivity contribution in [2.75, 3.05) is 6.54 Å². The number of rotatable bonds is 6. The van der Waals surface area contributed by atoms with Crippen molar-refractivity contribution < 1.29 is 8.83 Å². The Morgan fingerprint density at radius 3 is 2.78 bits per heavy atom. The molecule has 3 heterocycles. The van der Waals surface area contributed by atoms with Gasteiger partial charge in [0, 0.05) is 11.4 Å². The molecule has 0 amide bonds. The molecule has 0 fully saturated rings. The summed E-state index contributed by atoms with van der Waals surface area (Å²) >= 11 is 1.68. The van der Waals surface area contributed by atoms with Crippen LogP contribution in [0.1, 0.15) is 22.1 Å². The minimum absolute atomic E-state index is 0.528. The lowest BCUT2D eigenvalue weighted by molar-refractivity contribution is 0.260. The summed E-state index contributed by atoms with van der Waals surface area (Å²) in [6.45, 7) is 5.82. The second-order valence-corrected chi connectivity index (χ2v) is 6.65. The van der Waals surface area contributed by atoms with E-state index in [-0.39, 0.29) is 0 Å². The number of nitrogens with zero attached hydrogens (tertiary/aromatic N) is 2. The van der Waals surface area contributed by atoms with Gasteiger partial charge in [-0.25, -0.2) is 4.98 Å². The minimum Gasteiger partial charge on any atom is -0.468 e. The highest BCUT2D eigenvalue weighted by atomic mass is 32.1. The first-order valence-electron chi connectivity index (χ1n) is 7.37. The van der Waals surface area contributed by atoms with Crippen LogP contribution < -0.4 is 0 Å². The molecular formula is C18H18N2O2S. The highest BCUT2D eigenvalue weighted by Crippen LogP contribution is 2.29. The molecule has 0 aliphatic rings. The van der Waals surface area contributed by atoms with E-state index in [4.69, 9.17) is 15.3 Å². The SMILES string of the molecule is C#CCN(Cc1ccco1)Cc1nc(-c2ccc(C)s2)oc1C. The van der Waals surface area contributed by atoms with E-state index in [0.29, 0.717) is 25.5 Å². The molecule has 0 aliphatic heterocycles. The maximum Gasteiger partial charge on any atom is 0.236 e. The van der Waals surface area contributed by atoms with Crippen molar-refractivity contribution in [3.8, 4) is 23.1 Å². The molecule has 23 heavy (non-hydrogen) atoms. The normalized spacial score (nSPS) is 11.0. The van der Waals surface area contributed by atoms with Gasteiger partial charge in [-0.3, -0.25) is 4.90 Å². The van der Waals surface area contributed by atoms with Crippen LogP contribution >= 0.6 is 11.3 Å². The lowest BCUT2D eigenvalue weighted by Crippen LogP contribution is -2.23. The lowest BCUT2D eigenvalue weighted by atomic mass is 10.3. The van der Waals surface area contributed by atoms with E-state index in [1.165, 1.54) is 4.88 Å². The predicted octanol–water partition coefficient (Wildman–Crippen LogP) is 4.25. The van der Waals surface area contributed by atoms with E-state index in [9.17, 15) is 0 Å². The largest absolute Gasteiger partial charge is 0.468 e. The van der Waals surface area contributed by atoms with E-state index in [1.807, 2.05) is 25.1 Å². The molecule has 0 aromatic carbocycles. The van der Waals surface area contributed by atoms with Gasteiger partial charge >= 0.3 is 0 Å². The van der Waals surface area contributed by atoms with Crippen LogP contribution in [0.25, 0.3) is 10.8 Å². The van der Waals surface area contributed by atoms with E-state index in [0.717, 1.165) is 22.1 Å². The quantitative estimate of drug-likeness (QED) is 0.635. The zero-order chi connectivity index (χ0) is 16.2. The van der Waals surface area contributed by atoms with Crippen molar-refractivity contribution in [3.63, 3.8) is 0 Å². The summed E-state index contributed by atoms with van der Waals surface area (Å²) in [4.78, 5) is 9.04. The van der Waals surface area contributed by atoms with Gasteiger partial charge in [0.1, 0.15) is 11.5 Å². The molecule has 0 N–H and O–H groups in total. The van der Waals surface area contributed by atoms with Gasteiger partial charge in [0.25, 0.3) is 0 Å².